The lowest BCUT2D eigenvalue weighted by Gasteiger charge is -2.15. The molecule has 0 rings (SSSR count). The van der Waals surface area contributed by atoms with Crippen LogP contribution in [0, 0.1) is 16.7 Å². The van der Waals surface area contributed by atoms with Gasteiger partial charge in [0.25, 0.3) is 0 Å². The van der Waals surface area contributed by atoms with E-state index in [-0.39, 0.29) is 30.5 Å². The monoisotopic (exact) mass is 320 g/mol. The highest BCUT2D eigenvalue weighted by molar-refractivity contribution is 4.54. The van der Waals surface area contributed by atoms with E-state index >= 15 is 0 Å². The fourth-order valence-corrected chi connectivity index (χ4v) is 1.55. The largest absolute Gasteiger partial charge is 0.477 e. The van der Waals surface area contributed by atoms with E-state index in [1.807, 2.05) is 13.8 Å². The van der Waals surface area contributed by atoms with Crippen molar-refractivity contribution < 1.29 is 24.2 Å². The molecular formula is C16H34NO5+. The zero-order chi connectivity index (χ0) is 17.0. The van der Waals surface area contributed by atoms with Crippen LogP contribution in [0.25, 0.3) is 0 Å². The predicted molar refractivity (Wildman–Crippen MR) is 85.3 cm³/mol. The van der Waals surface area contributed by atoms with Gasteiger partial charge in [0.05, 0.1) is 12.2 Å². The Balaban J connectivity index is 3.90. The van der Waals surface area contributed by atoms with Gasteiger partial charge in [0.15, 0.2) is 13.2 Å². The van der Waals surface area contributed by atoms with Crippen molar-refractivity contribution in [2.45, 2.75) is 66.6 Å². The van der Waals surface area contributed by atoms with Crippen molar-refractivity contribution in [2.24, 2.45) is 11.8 Å². The molecule has 0 aliphatic heterocycles. The Morgan fingerprint density at radius 1 is 0.727 bits per heavy atom. The first-order valence-electron chi connectivity index (χ1n) is 8.35. The van der Waals surface area contributed by atoms with Crippen molar-refractivity contribution >= 4 is 0 Å². The molecule has 0 fully saturated rings. The van der Waals surface area contributed by atoms with Crippen LogP contribution < -0.4 is 0 Å². The molecule has 0 aromatic carbocycles. The molecule has 2 atom stereocenters. The first kappa shape index (κ1) is 21.1. The average Bonchev–Trinajstić information content (AvgIpc) is 2.47. The summed E-state index contributed by atoms with van der Waals surface area (Å²) in [5.41, 5.74) is 0. The Kier molecular flexibility index (Phi) is 12.1. The van der Waals surface area contributed by atoms with Crippen LogP contribution in [0.15, 0.2) is 0 Å². The van der Waals surface area contributed by atoms with Crippen molar-refractivity contribution in [1.82, 2.24) is 0 Å². The van der Waals surface area contributed by atoms with Gasteiger partial charge in [-0.2, -0.15) is 9.68 Å². The van der Waals surface area contributed by atoms with Gasteiger partial charge < -0.3 is 9.47 Å². The maximum Gasteiger partial charge on any atom is 0.477 e. The summed E-state index contributed by atoms with van der Waals surface area (Å²) in [6.07, 6.45) is 1.38. The molecule has 22 heavy (non-hydrogen) atoms. The fourth-order valence-electron chi connectivity index (χ4n) is 1.55. The molecule has 132 valence electrons. The Labute approximate surface area is 134 Å². The van der Waals surface area contributed by atoms with Crippen molar-refractivity contribution in [3.8, 4) is 0 Å². The molecule has 0 heterocycles. The molecule has 0 bridgehead atoms. The minimum atomic E-state index is -0.0957. The molecule has 0 aliphatic carbocycles. The minimum Gasteiger partial charge on any atom is -0.374 e. The molecule has 0 amide bonds. The van der Waals surface area contributed by atoms with Crippen LogP contribution >= 0.6 is 0 Å². The second-order valence-corrected chi connectivity index (χ2v) is 6.33. The lowest BCUT2D eigenvalue weighted by atomic mass is 10.2. The van der Waals surface area contributed by atoms with Gasteiger partial charge >= 0.3 is 5.09 Å². The first-order chi connectivity index (χ1) is 10.4. The summed E-state index contributed by atoms with van der Waals surface area (Å²) in [6.45, 7) is 14.0. The lowest BCUT2D eigenvalue weighted by Crippen LogP contribution is -2.27. The molecule has 0 saturated carbocycles. The summed E-state index contributed by atoms with van der Waals surface area (Å²) in [5.74, 6) is 0.911. The Morgan fingerprint density at radius 3 is 1.36 bits per heavy atom. The molecule has 6 nitrogen and oxygen atoms in total. The highest BCUT2D eigenvalue weighted by atomic mass is 17.0. The van der Waals surface area contributed by atoms with Crippen LogP contribution in [-0.4, -0.2) is 43.7 Å². The second kappa shape index (κ2) is 12.6. The summed E-state index contributed by atoms with van der Waals surface area (Å²) >= 11 is 0. The van der Waals surface area contributed by atoms with Crippen LogP contribution in [-0.2, 0) is 19.1 Å². The second-order valence-electron chi connectivity index (χ2n) is 6.33. The number of nitrogens with zero attached hydrogens (tertiary/aromatic N) is 1. The van der Waals surface area contributed by atoms with E-state index in [2.05, 4.69) is 27.7 Å². The van der Waals surface area contributed by atoms with Gasteiger partial charge in [-0.25, -0.2) is 0 Å². The lowest BCUT2D eigenvalue weighted by molar-refractivity contribution is -0.982. The smallest absolute Gasteiger partial charge is 0.374 e. The van der Waals surface area contributed by atoms with Crippen molar-refractivity contribution in [3.63, 3.8) is 0 Å². The van der Waals surface area contributed by atoms with Gasteiger partial charge in [-0.1, -0.05) is 41.5 Å². The van der Waals surface area contributed by atoms with Crippen LogP contribution in [0.2, 0.25) is 0 Å². The summed E-state index contributed by atoms with van der Waals surface area (Å²) in [5, 5.41) is 0.169. The normalized spacial score (nSPS) is 14.2. The van der Waals surface area contributed by atoms with Gasteiger partial charge in [-0.05, 0) is 24.7 Å². The van der Waals surface area contributed by atoms with E-state index in [0.717, 1.165) is 12.8 Å². The van der Waals surface area contributed by atoms with Crippen LogP contribution in [0.3, 0.4) is 0 Å². The molecule has 0 aliphatic rings. The van der Waals surface area contributed by atoms with Gasteiger partial charge in [-0.15, -0.1) is 0 Å². The zero-order valence-electron chi connectivity index (χ0n) is 15.0. The third kappa shape index (κ3) is 11.7. The molecule has 0 spiro atoms. The van der Waals surface area contributed by atoms with E-state index < -0.39 is 0 Å². The van der Waals surface area contributed by atoms with E-state index in [4.69, 9.17) is 19.1 Å². The Bertz CT molecular complexity index is 258. The minimum absolute atomic E-state index is 0.0957. The molecule has 0 aromatic heterocycles. The van der Waals surface area contributed by atoms with E-state index in [1.165, 1.54) is 0 Å². The van der Waals surface area contributed by atoms with Gasteiger partial charge in [0.1, 0.15) is 4.91 Å². The number of hydrogen-bond donors (Lipinski definition) is 0. The highest BCUT2D eigenvalue weighted by Crippen LogP contribution is 2.05. The maximum absolute atomic E-state index is 11.5. The third-order valence-corrected chi connectivity index (χ3v) is 2.97. The van der Waals surface area contributed by atoms with Crippen LogP contribution in [0.1, 0.15) is 54.4 Å². The van der Waals surface area contributed by atoms with E-state index in [1.54, 1.807) is 0 Å². The van der Waals surface area contributed by atoms with Gasteiger partial charge in [0, 0.05) is 13.2 Å². The van der Waals surface area contributed by atoms with Crippen molar-refractivity contribution in [3.05, 3.63) is 4.91 Å². The fraction of sp³-hybridized carbons (Fsp3) is 1.00. The topological polar surface area (TPSA) is 57.0 Å². The molecule has 0 saturated heterocycles. The Hall–Kier alpha value is -0.880. The summed E-state index contributed by atoms with van der Waals surface area (Å²) < 4.78 is 11.3. The molecule has 0 radical (unpaired) electrons. The standard InChI is InChI=1S/C16H34NO5/c1-7-15(19-9-13(3)4)11-21-17(18)22-12-16(8-2)20-10-14(5)6/h13-16H,7-12H2,1-6H3/q+1. The predicted octanol–water partition coefficient (Wildman–Crippen LogP) is 3.53. The molecule has 2 unspecified atom stereocenters. The first-order valence-corrected chi connectivity index (χ1v) is 8.35. The van der Waals surface area contributed by atoms with E-state index in [9.17, 15) is 4.91 Å². The van der Waals surface area contributed by atoms with Crippen LogP contribution in [0.4, 0.5) is 0 Å². The highest BCUT2D eigenvalue weighted by Gasteiger charge is 2.20. The zero-order valence-corrected chi connectivity index (χ0v) is 15.0. The third-order valence-electron chi connectivity index (χ3n) is 2.97. The number of ether oxygens (including phenoxy) is 2. The van der Waals surface area contributed by atoms with Crippen LogP contribution in [0.5, 0.6) is 0 Å². The molecular weight excluding hydrogens is 286 g/mol. The average molecular weight is 320 g/mol. The SMILES string of the molecule is CCC(CO[N+](=O)OCC(CC)OCC(C)C)OCC(C)C. The summed E-state index contributed by atoms with van der Waals surface area (Å²) in [7, 11) is 0. The van der Waals surface area contributed by atoms with Crippen molar-refractivity contribution in [1.29, 1.82) is 0 Å². The van der Waals surface area contributed by atoms with Gasteiger partial charge in [-0.3, -0.25) is 0 Å². The summed E-state index contributed by atoms with van der Waals surface area (Å²) in [4.78, 5) is 21.6. The van der Waals surface area contributed by atoms with E-state index in [0.29, 0.717) is 25.0 Å². The summed E-state index contributed by atoms with van der Waals surface area (Å²) in [6, 6.07) is 0. The maximum atomic E-state index is 11.5. The number of hydrogen-bond acceptors (Lipinski definition) is 5. The quantitative estimate of drug-likeness (QED) is 0.458. The number of rotatable bonds is 14. The molecule has 0 N–H and O–H groups in total. The Morgan fingerprint density at radius 2 is 1.09 bits per heavy atom. The van der Waals surface area contributed by atoms with Crippen molar-refractivity contribution in [2.75, 3.05) is 26.4 Å². The van der Waals surface area contributed by atoms with Gasteiger partial charge in [0.2, 0.25) is 0 Å². The molecule has 0 aromatic rings. The molecule has 6 heteroatoms.